The maximum atomic E-state index is 11.3. The first-order chi connectivity index (χ1) is 6.76. The molecule has 82 valence electrons. The van der Waals surface area contributed by atoms with Gasteiger partial charge in [-0.15, -0.1) is 0 Å². The highest BCUT2D eigenvalue weighted by atomic mass is 16.5. The Morgan fingerprint density at radius 1 is 1.57 bits per heavy atom. The molecule has 14 heavy (non-hydrogen) atoms. The Morgan fingerprint density at radius 2 is 2.29 bits per heavy atom. The number of amides is 1. The van der Waals surface area contributed by atoms with Gasteiger partial charge in [0.15, 0.2) is 0 Å². The van der Waals surface area contributed by atoms with Gasteiger partial charge < -0.3 is 15.8 Å². The highest BCUT2D eigenvalue weighted by Crippen LogP contribution is 2.32. The van der Waals surface area contributed by atoms with Crippen LogP contribution in [0.15, 0.2) is 0 Å². The molecule has 1 amide bonds. The first-order valence-electron chi connectivity index (χ1n) is 5.34. The fraction of sp³-hybridized carbons (Fsp3) is 0.900. The molecule has 0 radical (unpaired) electrons. The number of carbonyl (C=O) groups is 1. The van der Waals surface area contributed by atoms with Crippen LogP contribution >= 0.6 is 0 Å². The monoisotopic (exact) mass is 200 g/mol. The van der Waals surface area contributed by atoms with Crippen molar-refractivity contribution in [3.63, 3.8) is 0 Å². The summed E-state index contributed by atoms with van der Waals surface area (Å²) in [4.78, 5) is 11.3. The second kappa shape index (κ2) is 5.98. The number of hydrogen-bond acceptors (Lipinski definition) is 3. The summed E-state index contributed by atoms with van der Waals surface area (Å²) < 4.78 is 5.42. The molecule has 3 N–H and O–H groups in total. The highest BCUT2D eigenvalue weighted by molar-refractivity contribution is 5.76. The molecule has 4 heteroatoms. The molecular formula is C10H20N2O2. The summed E-state index contributed by atoms with van der Waals surface area (Å²) in [6.45, 7) is 3.87. The minimum absolute atomic E-state index is 0.121. The van der Waals surface area contributed by atoms with Crippen molar-refractivity contribution in [3.05, 3.63) is 0 Å². The van der Waals surface area contributed by atoms with E-state index in [9.17, 15) is 4.79 Å². The van der Waals surface area contributed by atoms with E-state index in [2.05, 4.69) is 5.32 Å². The number of rotatable bonds is 6. The van der Waals surface area contributed by atoms with Crippen LogP contribution in [0.5, 0.6) is 0 Å². The van der Waals surface area contributed by atoms with Gasteiger partial charge in [0.05, 0.1) is 6.10 Å². The molecule has 0 aromatic rings. The molecule has 0 atom stereocenters. The summed E-state index contributed by atoms with van der Waals surface area (Å²) in [5, 5.41) is 2.77. The van der Waals surface area contributed by atoms with Gasteiger partial charge in [-0.05, 0) is 25.7 Å². The second-order valence-corrected chi connectivity index (χ2v) is 3.76. The van der Waals surface area contributed by atoms with Gasteiger partial charge in [0.2, 0.25) is 5.91 Å². The fourth-order valence-electron chi connectivity index (χ4n) is 1.76. The lowest BCUT2D eigenvalue weighted by atomic mass is 9.80. The molecule has 1 aliphatic carbocycles. The molecule has 1 rings (SSSR count). The number of carbonyl (C=O) groups excluding carboxylic acids is 1. The van der Waals surface area contributed by atoms with Crippen LogP contribution in [0.2, 0.25) is 0 Å². The van der Waals surface area contributed by atoms with Crippen LogP contribution in [0, 0.1) is 5.92 Å². The number of nitrogens with one attached hydrogen (secondary N) is 1. The summed E-state index contributed by atoms with van der Waals surface area (Å²) in [5.41, 5.74) is 5.28. The topological polar surface area (TPSA) is 64.3 Å². The molecule has 0 saturated heterocycles. The Morgan fingerprint density at radius 3 is 2.86 bits per heavy atom. The lowest BCUT2D eigenvalue weighted by Gasteiger charge is -2.34. The standard InChI is InChI=1S/C10H20N2O2/c1-2-14-9-5-8(6-9)7-10(13)12-4-3-11/h8-9H,2-7,11H2,1H3,(H,12,13). The van der Waals surface area contributed by atoms with E-state index in [1.165, 1.54) is 0 Å². The first-order valence-corrected chi connectivity index (χ1v) is 5.34. The van der Waals surface area contributed by atoms with E-state index in [4.69, 9.17) is 10.5 Å². The van der Waals surface area contributed by atoms with Crippen LogP contribution in [0.4, 0.5) is 0 Å². The van der Waals surface area contributed by atoms with Crippen molar-refractivity contribution < 1.29 is 9.53 Å². The van der Waals surface area contributed by atoms with Crippen molar-refractivity contribution in [1.82, 2.24) is 5.32 Å². The average molecular weight is 200 g/mol. The lowest BCUT2D eigenvalue weighted by molar-refractivity contribution is -0.124. The van der Waals surface area contributed by atoms with Crippen molar-refractivity contribution in [3.8, 4) is 0 Å². The molecule has 0 aliphatic heterocycles. The molecule has 0 bridgehead atoms. The summed E-state index contributed by atoms with van der Waals surface area (Å²) in [5.74, 6) is 0.639. The third-order valence-corrected chi connectivity index (χ3v) is 2.54. The van der Waals surface area contributed by atoms with Gasteiger partial charge in [-0.3, -0.25) is 4.79 Å². The SMILES string of the molecule is CCOC1CC(CC(=O)NCCN)C1. The van der Waals surface area contributed by atoms with Crippen LogP contribution < -0.4 is 11.1 Å². The minimum atomic E-state index is 0.121. The molecule has 0 aromatic carbocycles. The molecule has 0 unspecified atom stereocenters. The Kier molecular flexibility index (Phi) is 4.90. The zero-order valence-corrected chi connectivity index (χ0v) is 8.79. The molecular weight excluding hydrogens is 180 g/mol. The third-order valence-electron chi connectivity index (χ3n) is 2.54. The molecule has 1 aliphatic rings. The lowest BCUT2D eigenvalue weighted by Crippen LogP contribution is -2.37. The number of nitrogens with two attached hydrogens (primary N) is 1. The van der Waals surface area contributed by atoms with Crippen LogP contribution in [0.3, 0.4) is 0 Å². The molecule has 0 aromatic heterocycles. The highest BCUT2D eigenvalue weighted by Gasteiger charge is 2.30. The van der Waals surface area contributed by atoms with E-state index in [1.807, 2.05) is 6.92 Å². The molecule has 1 fully saturated rings. The van der Waals surface area contributed by atoms with Gasteiger partial charge in [-0.2, -0.15) is 0 Å². The van der Waals surface area contributed by atoms with E-state index in [0.29, 0.717) is 31.5 Å². The average Bonchev–Trinajstić information content (AvgIpc) is 2.11. The minimum Gasteiger partial charge on any atom is -0.378 e. The van der Waals surface area contributed by atoms with Gasteiger partial charge in [-0.25, -0.2) is 0 Å². The van der Waals surface area contributed by atoms with Gasteiger partial charge in [-0.1, -0.05) is 0 Å². The van der Waals surface area contributed by atoms with Crippen molar-refractivity contribution in [2.45, 2.75) is 32.3 Å². The largest absolute Gasteiger partial charge is 0.378 e. The fourth-order valence-corrected chi connectivity index (χ4v) is 1.76. The summed E-state index contributed by atoms with van der Waals surface area (Å²) in [6.07, 6.45) is 3.09. The van der Waals surface area contributed by atoms with E-state index >= 15 is 0 Å². The number of ether oxygens (including phenoxy) is 1. The molecule has 0 spiro atoms. The summed E-state index contributed by atoms with van der Waals surface area (Å²) >= 11 is 0. The molecule has 4 nitrogen and oxygen atoms in total. The van der Waals surface area contributed by atoms with E-state index in [-0.39, 0.29) is 5.91 Å². The molecule has 1 saturated carbocycles. The predicted molar refractivity (Wildman–Crippen MR) is 54.8 cm³/mol. The first kappa shape index (κ1) is 11.5. The van der Waals surface area contributed by atoms with Crippen molar-refractivity contribution in [1.29, 1.82) is 0 Å². The second-order valence-electron chi connectivity index (χ2n) is 3.76. The summed E-state index contributed by atoms with van der Waals surface area (Å²) in [7, 11) is 0. The van der Waals surface area contributed by atoms with E-state index < -0.39 is 0 Å². The Hall–Kier alpha value is -0.610. The zero-order valence-electron chi connectivity index (χ0n) is 8.79. The number of hydrogen-bond donors (Lipinski definition) is 2. The van der Waals surface area contributed by atoms with Crippen LogP contribution in [-0.4, -0.2) is 31.7 Å². The van der Waals surface area contributed by atoms with Gasteiger partial charge in [0.1, 0.15) is 0 Å². The summed E-state index contributed by atoms with van der Waals surface area (Å²) in [6, 6.07) is 0. The third kappa shape index (κ3) is 3.64. The van der Waals surface area contributed by atoms with Gasteiger partial charge in [0.25, 0.3) is 0 Å². The van der Waals surface area contributed by atoms with E-state index in [0.717, 1.165) is 19.4 Å². The van der Waals surface area contributed by atoms with Crippen molar-refractivity contribution in [2.75, 3.05) is 19.7 Å². The van der Waals surface area contributed by atoms with Crippen molar-refractivity contribution >= 4 is 5.91 Å². The maximum absolute atomic E-state index is 11.3. The van der Waals surface area contributed by atoms with Crippen molar-refractivity contribution in [2.24, 2.45) is 11.7 Å². The van der Waals surface area contributed by atoms with E-state index in [1.54, 1.807) is 0 Å². The van der Waals surface area contributed by atoms with Crippen LogP contribution in [0.25, 0.3) is 0 Å². The Labute approximate surface area is 85.2 Å². The molecule has 0 heterocycles. The van der Waals surface area contributed by atoms with Crippen LogP contribution in [-0.2, 0) is 9.53 Å². The van der Waals surface area contributed by atoms with Gasteiger partial charge >= 0.3 is 0 Å². The zero-order chi connectivity index (χ0) is 10.4. The smallest absolute Gasteiger partial charge is 0.220 e. The van der Waals surface area contributed by atoms with Gasteiger partial charge in [0, 0.05) is 26.1 Å². The Balaban J connectivity index is 2.01. The van der Waals surface area contributed by atoms with Crippen LogP contribution in [0.1, 0.15) is 26.2 Å². The maximum Gasteiger partial charge on any atom is 0.220 e. The Bertz CT molecular complexity index is 179. The normalized spacial score (nSPS) is 25.6. The predicted octanol–water partition coefficient (Wildman–Crippen LogP) is 0.267. The quantitative estimate of drug-likeness (QED) is 0.646.